The normalized spacial score (nSPS) is 11.0. The molecule has 0 saturated heterocycles. The third-order valence-electron chi connectivity index (χ3n) is 6.26. The Labute approximate surface area is 256 Å². The molecule has 0 atom stereocenters. The molecule has 0 aliphatic carbocycles. The maximum atomic E-state index is 13.3. The van der Waals surface area contributed by atoms with Crippen LogP contribution in [-0.2, 0) is 4.79 Å². The van der Waals surface area contributed by atoms with Crippen LogP contribution in [0.25, 0.3) is 22.0 Å². The molecule has 1 aromatic heterocycles. The number of hydrogen-bond donors (Lipinski definition) is 2. The minimum absolute atomic E-state index is 0.166. The highest BCUT2D eigenvalue weighted by atomic mass is 35.5. The highest BCUT2D eigenvalue weighted by molar-refractivity contribution is 6.39. The van der Waals surface area contributed by atoms with E-state index in [0.29, 0.717) is 32.1 Å². The lowest BCUT2D eigenvalue weighted by Crippen LogP contribution is -2.19. The highest BCUT2D eigenvalue weighted by Gasteiger charge is 2.21. The molecule has 43 heavy (non-hydrogen) atoms. The van der Waals surface area contributed by atoms with Crippen LogP contribution in [0.3, 0.4) is 0 Å². The summed E-state index contributed by atoms with van der Waals surface area (Å²) in [6, 6.07) is 23.7. The van der Waals surface area contributed by atoms with Gasteiger partial charge in [-0.05, 0) is 48.0 Å². The fraction of sp³-hybridized carbons (Fsp3) is 0.0625. The number of amides is 1. The standard InChI is InChI=1S/C32H23Cl2N3O6/c1-18(38)42-26-13-12-20(14-27(26)41-2)32(40)43-25-11-7-6-10-21(25)17-35-37-31(39)30-28(19-8-4-3-5-9-19)23-15-22(33)16-24(34)29(23)36-30/h3-17,36H,1-2H3,(H,37,39). The number of H-pyrrole nitrogens is 1. The number of halogens is 2. The SMILES string of the molecule is COc1cc(C(=O)Oc2ccccc2C=NNC(=O)c2[nH]c3c(Cl)cc(Cl)cc3c2-c2ccccc2)ccc1OC(C)=O. The maximum Gasteiger partial charge on any atom is 0.343 e. The quantitative estimate of drug-likeness (QED) is 0.0834. The maximum absolute atomic E-state index is 13.3. The number of aromatic nitrogens is 1. The lowest BCUT2D eigenvalue weighted by molar-refractivity contribution is -0.132. The average Bonchev–Trinajstić information content (AvgIpc) is 3.38. The van der Waals surface area contributed by atoms with Crippen LogP contribution in [0.4, 0.5) is 0 Å². The van der Waals surface area contributed by atoms with Gasteiger partial charge in [0.1, 0.15) is 11.4 Å². The summed E-state index contributed by atoms with van der Waals surface area (Å²) in [6.07, 6.45) is 1.36. The Morgan fingerprint density at radius 2 is 1.60 bits per heavy atom. The van der Waals surface area contributed by atoms with Crippen molar-refractivity contribution in [3.05, 3.63) is 112 Å². The number of nitrogens with one attached hydrogen (secondary N) is 2. The second-order valence-electron chi connectivity index (χ2n) is 9.14. The number of rotatable bonds is 8. The molecule has 9 nitrogen and oxygen atoms in total. The molecule has 0 bridgehead atoms. The molecule has 4 aromatic carbocycles. The molecule has 11 heteroatoms. The molecule has 5 aromatic rings. The molecule has 0 aliphatic rings. The van der Waals surface area contributed by atoms with Gasteiger partial charge in [0.05, 0.1) is 29.4 Å². The van der Waals surface area contributed by atoms with Crippen LogP contribution in [-0.4, -0.2) is 36.2 Å². The summed E-state index contributed by atoms with van der Waals surface area (Å²) in [5.41, 5.74) is 5.34. The summed E-state index contributed by atoms with van der Waals surface area (Å²) in [4.78, 5) is 40.7. The van der Waals surface area contributed by atoms with Crippen molar-refractivity contribution in [2.45, 2.75) is 6.92 Å². The lowest BCUT2D eigenvalue weighted by Gasteiger charge is -2.11. The first-order valence-electron chi connectivity index (χ1n) is 12.8. The fourth-order valence-corrected chi connectivity index (χ4v) is 4.92. The molecule has 216 valence electrons. The van der Waals surface area contributed by atoms with Gasteiger partial charge in [-0.15, -0.1) is 0 Å². The predicted octanol–water partition coefficient (Wildman–Crippen LogP) is 7.06. The van der Waals surface area contributed by atoms with Crippen LogP contribution in [0.5, 0.6) is 17.2 Å². The van der Waals surface area contributed by atoms with E-state index in [2.05, 4.69) is 15.5 Å². The summed E-state index contributed by atoms with van der Waals surface area (Å²) in [5, 5.41) is 5.60. The van der Waals surface area contributed by atoms with E-state index < -0.39 is 17.8 Å². The monoisotopic (exact) mass is 615 g/mol. The summed E-state index contributed by atoms with van der Waals surface area (Å²) in [6.45, 7) is 1.26. The van der Waals surface area contributed by atoms with Gasteiger partial charge < -0.3 is 19.2 Å². The molecule has 0 unspecified atom stereocenters. The molecule has 0 aliphatic heterocycles. The third kappa shape index (κ3) is 6.53. The summed E-state index contributed by atoms with van der Waals surface area (Å²) in [5.74, 6) is -1.16. The van der Waals surface area contributed by atoms with Gasteiger partial charge in [-0.3, -0.25) is 9.59 Å². The number of ether oxygens (including phenoxy) is 3. The van der Waals surface area contributed by atoms with Crippen molar-refractivity contribution in [3.63, 3.8) is 0 Å². The van der Waals surface area contributed by atoms with E-state index in [1.807, 2.05) is 30.3 Å². The van der Waals surface area contributed by atoms with Crippen molar-refractivity contribution < 1.29 is 28.6 Å². The number of methoxy groups -OCH3 is 1. The Morgan fingerprint density at radius 3 is 2.35 bits per heavy atom. The van der Waals surface area contributed by atoms with Crippen molar-refractivity contribution >= 4 is 58.2 Å². The number of carbonyl (C=O) groups is 3. The molecule has 0 radical (unpaired) electrons. The van der Waals surface area contributed by atoms with E-state index in [0.717, 1.165) is 5.56 Å². The largest absolute Gasteiger partial charge is 0.493 e. The van der Waals surface area contributed by atoms with Crippen LogP contribution >= 0.6 is 23.2 Å². The Hall–Kier alpha value is -5.12. The first kappa shape index (κ1) is 29.4. The number of hydrazone groups is 1. The zero-order chi connectivity index (χ0) is 30.5. The van der Waals surface area contributed by atoms with Crippen LogP contribution < -0.4 is 19.6 Å². The molecule has 2 N–H and O–H groups in total. The Kier molecular flexibility index (Phi) is 8.75. The molecule has 5 rings (SSSR count). The molecular weight excluding hydrogens is 593 g/mol. The Bertz CT molecular complexity index is 1890. The molecule has 0 fully saturated rings. The molecule has 1 amide bonds. The van der Waals surface area contributed by atoms with Crippen LogP contribution in [0.2, 0.25) is 10.0 Å². The van der Waals surface area contributed by atoms with Gasteiger partial charge in [0, 0.05) is 28.5 Å². The molecule has 1 heterocycles. The van der Waals surface area contributed by atoms with Gasteiger partial charge in [-0.2, -0.15) is 5.10 Å². The second-order valence-corrected chi connectivity index (χ2v) is 9.98. The number of carbonyl (C=O) groups excluding carboxylic acids is 3. The number of hydrogen-bond acceptors (Lipinski definition) is 7. The number of para-hydroxylation sites is 1. The lowest BCUT2D eigenvalue weighted by atomic mass is 10.0. The van der Waals surface area contributed by atoms with Gasteiger partial charge >= 0.3 is 11.9 Å². The van der Waals surface area contributed by atoms with Crippen LogP contribution in [0, 0.1) is 0 Å². The number of esters is 2. The van der Waals surface area contributed by atoms with Crippen molar-refractivity contribution in [3.8, 4) is 28.4 Å². The number of aromatic amines is 1. The van der Waals surface area contributed by atoms with E-state index >= 15 is 0 Å². The van der Waals surface area contributed by atoms with Crippen molar-refractivity contribution in [2.75, 3.05) is 7.11 Å². The minimum atomic E-state index is -0.682. The van der Waals surface area contributed by atoms with Gasteiger partial charge in [-0.25, -0.2) is 10.2 Å². The number of benzene rings is 4. The van der Waals surface area contributed by atoms with Crippen LogP contribution in [0.15, 0.2) is 90.0 Å². The van der Waals surface area contributed by atoms with Gasteiger partial charge in [0.15, 0.2) is 11.5 Å². The second kappa shape index (κ2) is 12.8. The zero-order valence-electron chi connectivity index (χ0n) is 22.8. The van der Waals surface area contributed by atoms with Crippen molar-refractivity contribution in [1.82, 2.24) is 10.4 Å². The first-order valence-corrected chi connectivity index (χ1v) is 13.6. The predicted molar refractivity (Wildman–Crippen MR) is 165 cm³/mol. The van der Waals surface area contributed by atoms with Gasteiger partial charge in [0.25, 0.3) is 5.91 Å². The van der Waals surface area contributed by atoms with Gasteiger partial charge in [-0.1, -0.05) is 65.7 Å². The molecule has 0 spiro atoms. The Morgan fingerprint density at radius 1 is 0.860 bits per heavy atom. The van der Waals surface area contributed by atoms with Crippen molar-refractivity contribution in [2.24, 2.45) is 5.10 Å². The summed E-state index contributed by atoms with van der Waals surface area (Å²) in [7, 11) is 1.39. The smallest absolute Gasteiger partial charge is 0.343 e. The number of nitrogens with zero attached hydrogens (tertiary/aromatic N) is 1. The molecule has 0 saturated carbocycles. The van der Waals surface area contributed by atoms with Gasteiger partial charge in [0.2, 0.25) is 0 Å². The third-order valence-corrected chi connectivity index (χ3v) is 6.77. The number of fused-ring (bicyclic) bond motifs is 1. The van der Waals surface area contributed by atoms with Crippen LogP contribution in [0.1, 0.15) is 33.3 Å². The van der Waals surface area contributed by atoms with Crippen molar-refractivity contribution in [1.29, 1.82) is 0 Å². The summed E-state index contributed by atoms with van der Waals surface area (Å²) < 4.78 is 15.9. The Balaban J connectivity index is 1.37. The fourth-order valence-electron chi connectivity index (χ4n) is 4.38. The van der Waals surface area contributed by atoms with E-state index in [9.17, 15) is 14.4 Å². The highest BCUT2D eigenvalue weighted by Crippen LogP contribution is 2.37. The first-order chi connectivity index (χ1) is 20.7. The van der Waals surface area contributed by atoms with E-state index in [4.69, 9.17) is 37.4 Å². The van der Waals surface area contributed by atoms with E-state index in [-0.39, 0.29) is 28.5 Å². The zero-order valence-corrected chi connectivity index (χ0v) is 24.3. The average molecular weight is 616 g/mol. The topological polar surface area (TPSA) is 119 Å². The molecular formula is C32H23Cl2N3O6. The summed E-state index contributed by atoms with van der Waals surface area (Å²) >= 11 is 12.7. The van der Waals surface area contributed by atoms with E-state index in [1.54, 1.807) is 36.4 Å². The minimum Gasteiger partial charge on any atom is -0.493 e. The van der Waals surface area contributed by atoms with E-state index in [1.165, 1.54) is 38.4 Å².